The van der Waals surface area contributed by atoms with Crippen molar-refractivity contribution in [1.29, 1.82) is 0 Å². The third kappa shape index (κ3) is 2.55. The maximum Gasteiger partial charge on any atom is 0.250 e. The number of nitrogens with zero attached hydrogens (tertiary/aromatic N) is 3. The van der Waals surface area contributed by atoms with Gasteiger partial charge in [-0.3, -0.25) is 19.2 Å². The number of piperazine rings is 1. The van der Waals surface area contributed by atoms with Crippen LogP contribution < -0.4 is 10.2 Å². The molecule has 1 aromatic heterocycles. The highest BCUT2D eigenvalue weighted by Crippen LogP contribution is 2.25. The molecule has 2 atom stereocenters. The van der Waals surface area contributed by atoms with Crippen LogP contribution in [0.15, 0.2) is 12.4 Å². The second-order valence-electron chi connectivity index (χ2n) is 5.62. The van der Waals surface area contributed by atoms with Crippen LogP contribution in [0.2, 0.25) is 0 Å². The van der Waals surface area contributed by atoms with Crippen LogP contribution in [-0.2, 0) is 16.6 Å². The fourth-order valence-corrected chi connectivity index (χ4v) is 2.65. The molecule has 1 aliphatic heterocycles. The quantitative estimate of drug-likeness (QED) is 0.896. The summed E-state index contributed by atoms with van der Waals surface area (Å²) in [6.07, 6.45) is 4.92. The second-order valence-corrected chi connectivity index (χ2v) is 5.62. The summed E-state index contributed by atoms with van der Waals surface area (Å²) in [6.45, 7) is 5.89. The van der Waals surface area contributed by atoms with Crippen molar-refractivity contribution < 1.29 is 9.59 Å². The van der Waals surface area contributed by atoms with Crippen molar-refractivity contribution in [3.63, 3.8) is 0 Å². The molecule has 6 nitrogen and oxygen atoms in total. The molecule has 1 aliphatic rings. The molecule has 2 rings (SSSR count). The zero-order valence-electron chi connectivity index (χ0n) is 12.5. The normalized spacial score (nSPS) is 23.4. The van der Waals surface area contributed by atoms with Crippen LogP contribution >= 0.6 is 0 Å². The Morgan fingerprint density at radius 2 is 2.10 bits per heavy atom. The van der Waals surface area contributed by atoms with Gasteiger partial charge in [-0.1, -0.05) is 27.2 Å². The zero-order chi connectivity index (χ0) is 14.9. The van der Waals surface area contributed by atoms with E-state index in [2.05, 4.69) is 10.4 Å². The molecule has 1 N–H and O–H groups in total. The number of carbonyl (C=O) groups excluding carboxylic acids is 2. The molecule has 1 aromatic rings. The molecule has 0 aromatic carbocycles. The minimum atomic E-state index is -0.472. The van der Waals surface area contributed by atoms with Crippen molar-refractivity contribution in [2.45, 2.75) is 45.7 Å². The SMILES string of the molecule is CCCC1NC(=O)C(C(C)C)N(c2cnn(C)c2)C1=O. The van der Waals surface area contributed by atoms with Gasteiger partial charge in [0, 0.05) is 13.2 Å². The molecular weight excluding hydrogens is 256 g/mol. The monoisotopic (exact) mass is 278 g/mol. The van der Waals surface area contributed by atoms with Gasteiger partial charge in [-0.05, 0) is 12.3 Å². The Bertz CT molecular complexity index is 509. The molecule has 2 amide bonds. The van der Waals surface area contributed by atoms with E-state index >= 15 is 0 Å². The number of hydrogen-bond acceptors (Lipinski definition) is 3. The lowest BCUT2D eigenvalue weighted by atomic mass is 9.95. The fourth-order valence-electron chi connectivity index (χ4n) is 2.65. The molecule has 110 valence electrons. The minimum Gasteiger partial charge on any atom is -0.342 e. The van der Waals surface area contributed by atoms with Crippen molar-refractivity contribution in [3.05, 3.63) is 12.4 Å². The van der Waals surface area contributed by atoms with Crippen molar-refractivity contribution >= 4 is 17.5 Å². The van der Waals surface area contributed by atoms with Crippen molar-refractivity contribution in [1.82, 2.24) is 15.1 Å². The highest BCUT2D eigenvalue weighted by atomic mass is 16.2. The molecule has 2 heterocycles. The first-order valence-electron chi connectivity index (χ1n) is 7.07. The van der Waals surface area contributed by atoms with E-state index in [-0.39, 0.29) is 17.7 Å². The Kier molecular flexibility index (Phi) is 4.11. The molecule has 2 unspecified atom stereocenters. The Hall–Kier alpha value is -1.85. The van der Waals surface area contributed by atoms with E-state index in [0.29, 0.717) is 12.1 Å². The Balaban J connectivity index is 2.38. The van der Waals surface area contributed by atoms with Crippen LogP contribution in [0.3, 0.4) is 0 Å². The first-order chi connectivity index (χ1) is 9.45. The maximum absolute atomic E-state index is 12.7. The average Bonchev–Trinajstić information content (AvgIpc) is 2.79. The largest absolute Gasteiger partial charge is 0.342 e. The molecule has 6 heteroatoms. The third-order valence-corrected chi connectivity index (χ3v) is 3.58. The number of aryl methyl sites for hydroxylation is 1. The van der Waals surface area contributed by atoms with Crippen LogP contribution in [0.4, 0.5) is 5.69 Å². The summed E-state index contributed by atoms with van der Waals surface area (Å²) in [5.41, 5.74) is 0.687. The van der Waals surface area contributed by atoms with Gasteiger partial charge in [0.25, 0.3) is 0 Å². The molecule has 0 saturated carbocycles. The van der Waals surface area contributed by atoms with Crippen molar-refractivity contribution in [2.24, 2.45) is 13.0 Å². The zero-order valence-corrected chi connectivity index (χ0v) is 12.5. The van der Waals surface area contributed by atoms with E-state index in [9.17, 15) is 9.59 Å². The van der Waals surface area contributed by atoms with Gasteiger partial charge in [-0.15, -0.1) is 0 Å². The van der Waals surface area contributed by atoms with Crippen LogP contribution in [0.1, 0.15) is 33.6 Å². The van der Waals surface area contributed by atoms with E-state index in [1.54, 1.807) is 29.0 Å². The summed E-state index contributed by atoms with van der Waals surface area (Å²) >= 11 is 0. The summed E-state index contributed by atoms with van der Waals surface area (Å²) < 4.78 is 1.64. The van der Waals surface area contributed by atoms with Gasteiger partial charge in [0.05, 0.1) is 11.9 Å². The molecule has 1 saturated heterocycles. The van der Waals surface area contributed by atoms with Crippen LogP contribution in [0.25, 0.3) is 0 Å². The second kappa shape index (κ2) is 5.64. The van der Waals surface area contributed by atoms with E-state index in [0.717, 1.165) is 6.42 Å². The van der Waals surface area contributed by atoms with E-state index in [4.69, 9.17) is 0 Å². The lowest BCUT2D eigenvalue weighted by Crippen LogP contribution is -2.65. The van der Waals surface area contributed by atoms with Gasteiger partial charge in [-0.2, -0.15) is 5.10 Å². The van der Waals surface area contributed by atoms with Crippen molar-refractivity contribution in [2.75, 3.05) is 4.90 Å². The van der Waals surface area contributed by atoms with E-state index in [1.807, 2.05) is 20.8 Å². The summed E-state index contributed by atoms with van der Waals surface area (Å²) in [4.78, 5) is 26.6. The predicted molar refractivity (Wildman–Crippen MR) is 76.2 cm³/mol. The lowest BCUT2D eigenvalue weighted by molar-refractivity contribution is -0.135. The fraction of sp³-hybridized carbons (Fsp3) is 0.643. The van der Waals surface area contributed by atoms with Crippen LogP contribution in [0, 0.1) is 5.92 Å². The Morgan fingerprint density at radius 1 is 1.40 bits per heavy atom. The summed E-state index contributed by atoms with van der Waals surface area (Å²) in [5.74, 6) is -0.0817. The van der Waals surface area contributed by atoms with Crippen molar-refractivity contribution in [3.8, 4) is 0 Å². The smallest absolute Gasteiger partial charge is 0.250 e. The van der Waals surface area contributed by atoms with E-state index < -0.39 is 12.1 Å². The number of anilines is 1. The van der Waals surface area contributed by atoms with Gasteiger partial charge in [0.15, 0.2) is 0 Å². The van der Waals surface area contributed by atoms with Gasteiger partial charge in [-0.25, -0.2) is 0 Å². The lowest BCUT2D eigenvalue weighted by Gasteiger charge is -2.40. The molecule has 0 aliphatic carbocycles. The molecule has 0 radical (unpaired) electrons. The van der Waals surface area contributed by atoms with Crippen LogP contribution in [-0.4, -0.2) is 33.7 Å². The summed E-state index contributed by atoms with van der Waals surface area (Å²) in [7, 11) is 1.80. The first-order valence-corrected chi connectivity index (χ1v) is 7.07. The third-order valence-electron chi connectivity index (χ3n) is 3.58. The molecule has 0 bridgehead atoms. The minimum absolute atomic E-state index is 0.0433. The number of hydrogen-bond donors (Lipinski definition) is 1. The number of nitrogens with one attached hydrogen (secondary N) is 1. The van der Waals surface area contributed by atoms with Crippen LogP contribution in [0.5, 0.6) is 0 Å². The molecule has 0 spiro atoms. The summed E-state index contributed by atoms with van der Waals surface area (Å²) in [5, 5.41) is 6.95. The van der Waals surface area contributed by atoms with Gasteiger partial charge < -0.3 is 5.32 Å². The van der Waals surface area contributed by atoms with Gasteiger partial charge >= 0.3 is 0 Å². The highest BCUT2D eigenvalue weighted by Gasteiger charge is 2.42. The Morgan fingerprint density at radius 3 is 2.60 bits per heavy atom. The number of rotatable bonds is 4. The number of amides is 2. The number of aromatic nitrogens is 2. The number of carbonyl (C=O) groups is 2. The maximum atomic E-state index is 12.7. The standard InChI is InChI=1S/C14H22N4O2/c1-5-6-11-14(20)18(10-7-15-17(4)8-10)12(9(2)3)13(19)16-11/h7-9,11-12H,5-6H2,1-4H3,(H,16,19). The Labute approximate surface area is 119 Å². The molecule has 1 fully saturated rings. The predicted octanol–water partition coefficient (Wildman–Crippen LogP) is 1.08. The highest BCUT2D eigenvalue weighted by molar-refractivity contribution is 6.08. The molecule has 20 heavy (non-hydrogen) atoms. The topological polar surface area (TPSA) is 67.2 Å². The van der Waals surface area contributed by atoms with Gasteiger partial charge in [0.2, 0.25) is 11.8 Å². The van der Waals surface area contributed by atoms with E-state index in [1.165, 1.54) is 0 Å². The average molecular weight is 278 g/mol. The first kappa shape index (κ1) is 14.6. The summed E-state index contributed by atoms with van der Waals surface area (Å²) in [6, 6.07) is -0.900. The van der Waals surface area contributed by atoms with Gasteiger partial charge in [0.1, 0.15) is 12.1 Å². The molecular formula is C14H22N4O2.